The second-order valence-corrected chi connectivity index (χ2v) is 9.16. The molecule has 0 aliphatic carbocycles. The molecule has 0 radical (unpaired) electrons. The van der Waals surface area contributed by atoms with E-state index in [4.69, 9.17) is 14.3 Å². The maximum Gasteiger partial charge on any atom is 1.00 e. The summed E-state index contributed by atoms with van der Waals surface area (Å²) in [5.74, 6) is -0.705. The number of anilines is 3. The zero-order chi connectivity index (χ0) is 23.4. The van der Waals surface area contributed by atoms with Crippen molar-refractivity contribution in [2.24, 2.45) is 0 Å². The molecule has 170 valence electrons. The maximum atomic E-state index is 11.6. The quantitative estimate of drug-likeness (QED) is 0.149. The summed E-state index contributed by atoms with van der Waals surface area (Å²) in [6, 6.07) is 21.1. The normalized spacial score (nSPS) is 11.2. The van der Waals surface area contributed by atoms with Crippen molar-refractivity contribution in [3.63, 3.8) is 0 Å². The van der Waals surface area contributed by atoms with Crippen molar-refractivity contribution in [1.29, 1.82) is 0 Å². The molecular weight excluding hydrogens is 465 g/mol. The minimum absolute atomic E-state index is 0. The van der Waals surface area contributed by atoms with E-state index in [0.717, 1.165) is 38.7 Å². The number of rotatable bonds is 8. The molecule has 3 aromatic carbocycles. The van der Waals surface area contributed by atoms with E-state index < -0.39 is 15.9 Å². The summed E-state index contributed by atoms with van der Waals surface area (Å²) in [7, 11) is -4.09. The summed E-state index contributed by atoms with van der Waals surface area (Å²) in [5, 5.41) is 8.16. The molecule has 0 unspecified atom stereocenters. The molecule has 0 bridgehead atoms. The molecule has 34 heavy (non-hydrogen) atoms. The van der Waals surface area contributed by atoms with Crippen molar-refractivity contribution >= 4 is 54.9 Å². The van der Waals surface area contributed by atoms with Gasteiger partial charge in [0.2, 0.25) is 5.91 Å². The van der Waals surface area contributed by atoms with E-state index in [-0.39, 0.29) is 48.7 Å². The Balaban J connectivity index is 0.00000324. The number of para-hydroxylation sites is 2. The van der Waals surface area contributed by atoms with Gasteiger partial charge >= 0.3 is 29.6 Å². The van der Waals surface area contributed by atoms with E-state index in [0.29, 0.717) is 5.69 Å². The molecule has 0 spiro atoms. The number of nitrogens with one attached hydrogen (secondary N) is 2. The van der Waals surface area contributed by atoms with Crippen LogP contribution in [0, 0.1) is 0 Å². The largest absolute Gasteiger partial charge is 1.00 e. The summed E-state index contributed by atoms with van der Waals surface area (Å²) in [6.45, 7) is 1.38. The third-order valence-electron chi connectivity index (χ3n) is 4.92. The molecule has 1 aromatic heterocycles. The Kier molecular flexibility index (Phi) is 8.64. The van der Waals surface area contributed by atoms with Gasteiger partial charge in [0.25, 0.3) is 10.1 Å². The van der Waals surface area contributed by atoms with E-state index in [1.807, 2.05) is 60.7 Å². The van der Waals surface area contributed by atoms with Gasteiger partial charge in [0.05, 0.1) is 35.7 Å². The average Bonchev–Trinajstić information content (AvgIpc) is 2.75. The van der Waals surface area contributed by atoms with Gasteiger partial charge in [-0.05, 0) is 35.9 Å². The summed E-state index contributed by atoms with van der Waals surface area (Å²) >= 11 is 0. The fraction of sp³-hybridized carbons (Fsp3) is 0.167. The van der Waals surface area contributed by atoms with Crippen molar-refractivity contribution < 1.29 is 52.1 Å². The minimum Gasteiger partial charge on any atom is -0.376 e. The number of carbonyl (C=O) groups is 1. The van der Waals surface area contributed by atoms with E-state index >= 15 is 0 Å². The van der Waals surface area contributed by atoms with E-state index in [9.17, 15) is 13.2 Å². The van der Waals surface area contributed by atoms with Crippen LogP contribution in [-0.4, -0.2) is 36.2 Å². The monoisotopic (exact) mass is 488 g/mol. The molecule has 4 rings (SSSR count). The van der Waals surface area contributed by atoms with Crippen LogP contribution in [-0.2, 0) is 26.3 Å². The molecule has 8 nitrogen and oxygen atoms in total. The summed E-state index contributed by atoms with van der Waals surface area (Å²) in [5.41, 5.74) is 4.60. The van der Waals surface area contributed by atoms with Gasteiger partial charge in [-0.25, -0.2) is 4.98 Å². The van der Waals surface area contributed by atoms with Crippen molar-refractivity contribution in [3.05, 3.63) is 72.3 Å². The third-order valence-corrected chi connectivity index (χ3v) is 5.61. The first-order chi connectivity index (χ1) is 15.8. The Labute approximate surface area is 219 Å². The molecule has 1 heterocycles. The number of amides is 1. The number of pyridine rings is 1. The van der Waals surface area contributed by atoms with Gasteiger partial charge in [-0.1, -0.05) is 36.4 Å². The van der Waals surface area contributed by atoms with Crippen molar-refractivity contribution in [2.75, 3.05) is 23.0 Å². The van der Waals surface area contributed by atoms with Crippen molar-refractivity contribution in [2.45, 2.75) is 13.5 Å². The van der Waals surface area contributed by atoms with Gasteiger partial charge in [0, 0.05) is 29.1 Å². The number of hydrogen-bond donors (Lipinski definition) is 3. The predicted molar refractivity (Wildman–Crippen MR) is 129 cm³/mol. The minimum atomic E-state index is -4.09. The van der Waals surface area contributed by atoms with Crippen LogP contribution >= 0.6 is 0 Å². The maximum absolute atomic E-state index is 11.6. The Morgan fingerprint density at radius 1 is 0.971 bits per heavy atom. The number of carbonyl (C=O) groups excluding carboxylic acids is 1. The molecule has 10 heteroatoms. The summed E-state index contributed by atoms with van der Waals surface area (Å²) < 4.78 is 36.1. The van der Waals surface area contributed by atoms with Crippen LogP contribution in [0.15, 0.2) is 66.7 Å². The topological polar surface area (TPSA) is 118 Å². The molecule has 4 aromatic rings. The van der Waals surface area contributed by atoms with Gasteiger partial charge < -0.3 is 15.4 Å². The van der Waals surface area contributed by atoms with Crippen LogP contribution in [0.2, 0.25) is 0 Å². The van der Waals surface area contributed by atoms with Crippen LogP contribution in [0.5, 0.6) is 0 Å². The summed E-state index contributed by atoms with van der Waals surface area (Å²) in [6.07, 6.45) is 0. The molecule has 0 fully saturated rings. The number of hydrogen-bond acceptors (Lipinski definition) is 6. The number of benzene rings is 3. The van der Waals surface area contributed by atoms with Crippen LogP contribution in [0.3, 0.4) is 0 Å². The van der Waals surface area contributed by atoms with Gasteiger partial charge in [0.1, 0.15) is 0 Å². The average molecular weight is 489 g/mol. The SMILES string of the molecule is CC(=O)Nc1cc(COCCS(=O)(=O)O)cc(Nc2c3ccccc3nc3ccccc23)c1.[Na+]. The molecular formula is C24H23N3NaO5S+. The fourth-order valence-corrected chi connectivity index (χ4v) is 3.92. The van der Waals surface area contributed by atoms with Gasteiger partial charge in [-0.2, -0.15) is 8.42 Å². The Hall–Kier alpha value is -2.53. The fourth-order valence-electron chi connectivity index (χ4n) is 3.60. The van der Waals surface area contributed by atoms with Crippen LogP contribution in [0.1, 0.15) is 12.5 Å². The molecule has 0 atom stereocenters. The smallest absolute Gasteiger partial charge is 0.376 e. The van der Waals surface area contributed by atoms with E-state index in [1.165, 1.54) is 6.92 Å². The van der Waals surface area contributed by atoms with Crippen molar-refractivity contribution in [3.8, 4) is 0 Å². The van der Waals surface area contributed by atoms with Gasteiger partial charge in [-0.15, -0.1) is 0 Å². The van der Waals surface area contributed by atoms with Crippen LogP contribution in [0.4, 0.5) is 17.1 Å². The number of nitrogens with zero attached hydrogens (tertiary/aromatic N) is 1. The first-order valence-corrected chi connectivity index (χ1v) is 11.9. The molecule has 1 amide bonds. The molecule has 3 N–H and O–H groups in total. The first kappa shape index (κ1) is 26.1. The van der Waals surface area contributed by atoms with Crippen LogP contribution in [0.25, 0.3) is 21.8 Å². The predicted octanol–water partition coefficient (Wildman–Crippen LogP) is 1.50. The van der Waals surface area contributed by atoms with Gasteiger partial charge in [-0.3, -0.25) is 9.35 Å². The standard InChI is InChI=1S/C24H23N3O5S.Na/c1-16(28)25-18-12-17(15-32-10-11-33(29,30)31)13-19(14-18)26-24-20-6-2-4-8-22(20)27-23-9-5-3-7-21(23)24;/h2-9,12-14H,10-11,15H2,1H3,(H,25,28)(H,26,27)(H,29,30,31);/q;+1. The Morgan fingerprint density at radius 3 is 2.15 bits per heavy atom. The van der Waals surface area contributed by atoms with E-state index in [2.05, 4.69) is 10.6 Å². The summed E-state index contributed by atoms with van der Waals surface area (Å²) in [4.78, 5) is 16.4. The third kappa shape index (κ3) is 6.75. The molecule has 0 saturated heterocycles. The van der Waals surface area contributed by atoms with E-state index in [1.54, 1.807) is 6.07 Å². The molecule has 0 aliphatic heterocycles. The number of fused-ring (bicyclic) bond motifs is 2. The number of ether oxygens (including phenoxy) is 1. The number of aromatic nitrogens is 1. The first-order valence-electron chi connectivity index (χ1n) is 10.3. The Morgan fingerprint density at radius 2 is 1.56 bits per heavy atom. The van der Waals surface area contributed by atoms with Gasteiger partial charge in [0.15, 0.2) is 0 Å². The zero-order valence-electron chi connectivity index (χ0n) is 18.9. The van der Waals surface area contributed by atoms with Crippen LogP contribution < -0.4 is 40.2 Å². The zero-order valence-corrected chi connectivity index (χ0v) is 21.7. The second-order valence-electron chi connectivity index (χ2n) is 7.58. The van der Waals surface area contributed by atoms with Crippen molar-refractivity contribution in [1.82, 2.24) is 4.98 Å². The molecule has 0 aliphatic rings. The second kappa shape index (κ2) is 11.3. The Bertz CT molecular complexity index is 1390. The molecule has 0 saturated carbocycles.